The Balaban J connectivity index is 4.46. The largest absolute Gasteiger partial charge is 0.468 e. The molecule has 0 heterocycles. The summed E-state index contributed by atoms with van der Waals surface area (Å²) in [4.78, 5) is 34.1. The Bertz CT molecular complexity index is 315. The maximum absolute atomic E-state index is 11.8. The van der Waals surface area contributed by atoms with Gasteiger partial charge in [-0.2, -0.15) is 0 Å². The van der Waals surface area contributed by atoms with E-state index in [0.29, 0.717) is 0 Å². The summed E-state index contributed by atoms with van der Waals surface area (Å²) in [6.45, 7) is 4.86. The average molecular weight is 259 g/mol. The number of nitrogens with two attached hydrogens (primary N) is 1. The van der Waals surface area contributed by atoms with E-state index in [0.717, 1.165) is 0 Å². The van der Waals surface area contributed by atoms with Crippen molar-refractivity contribution in [3.05, 3.63) is 0 Å². The third kappa shape index (κ3) is 5.62. The molecule has 2 amide bonds. The SMILES string of the molecule is COC(=O)CNC(=O)[C@@H](NC(=O)[C@H](C)N)C(C)C. The van der Waals surface area contributed by atoms with Gasteiger partial charge >= 0.3 is 5.97 Å². The third-order valence-corrected chi connectivity index (χ3v) is 2.30. The number of carbonyl (C=O) groups excluding carboxylic acids is 3. The number of carbonyl (C=O) groups is 3. The summed E-state index contributed by atoms with van der Waals surface area (Å²) in [5, 5.41) is 4.92. The van der Waals surface area contributed by atoms with Gasteiger partial charge in [-0.25, -0.2) is 0 Å². The predicted molar refractivity (Wildman–Crippen MR) is 65.4 cm³/mol. The van der Waals surface area contributed by atoms with E-state index in [1.807, 2.05) is 0 Å². The van der Waals surface area contributed by atoms with E-state index in [-0.39, 0.29) is 12.5 Å². The second-order valence-electron chi connectivity index (χ2n) is 4.31. The predicted octanol–water partition coefficient (Wildman–Crippen LogP) is -1.24. The second kappa shape index (κ2) is 7.65. The first-order valence-electron chi connectivity index (χ1n) is 5.70. The molecule has 0 aromatic heterocycles. The number of amides is 2. The molecule has 0 radical (unpaired) electrons. The van der Waals surface area contributed by atoms with Crippen molar-refractivity contribution in [2.45, 2.75) is 32.9 Å². The lowest BCUT2D eigenvalue weighted by Crippen LogP contribution is -2.53. The van der Waals surface area contributed by atoms with Crippen LogP contribution in [0.3, 0.4) is 0 Å². The van der Waals surface area contributed by atoms with Gasteiger partial charge in [-0.05, 0) is 12.8 Å². The first-order valence-corrected chi connectivity index (χ1v) is 5.70. The molecule has 0 aliphatic carbocycles. The molecule has 7 heteroatoms. The van der Waals surface area contributed by atoms with Crippen molar-refractivity contribution in [2.75, 3.05) is 13.7 Å². The standard InChI is InChI=1S/C11H21N3O4/c1-6(2)9(14-10(16)7(3)12)11(17)13-5-8(15)18-4/h6-7,9H,5,12H2,1-4H3,(H,13,17)(H,14,16)/t7-,9-/m0/s1. The monoisotopic (exact) mass is 259 g/mol. The Morgan fingerprint density at radius 2 is 1.72 bits per heavy atom. The molecule has 2 atom stereocenters. The zero-order chi connectivity index (χ0) is 14.3. The van der Waals surface area contributed by atoms with Crippen LogP contribution < -0.4 is 16.4 Å². The topological polar surface area (TPSA) is 111 Å². The van der Waals surface area contributed by atoms with Gasteiger partial charge in [0.15, 0.2) is 0 Å². The van der Waals surface area contributed by atoms with Gasteiger partial charge in [-0.1, -0.05) is 13.8 Å². The Morgan fingerprint density at radius 3 is 2.11 bits per heavy atom. The van der Waals surface area contributed by atoms with Gasteiger partial charge < -0.3 is 21.1 Å². The van der Waals surface area contributed by atoms with E-state index < -0.39 is 29.9 Å². The van der Waals surface area contributed by atoms with Crippen molar-refractivity contribution < 1.29 is 19.1 Å². The number of rotatable bonds is 6. The maximum Gasteiger partial charge on any atom is 0.325 e. The highest BCUT2D eigenvalue weighted by Crippen LogP contribution is 2.02. The van der Waals surface area contributed by atoms with E-state index in [4.69, 9.17) is 5.73 Å². The van der Waals surface area contributed by atoms with Crippen molar-refractivity contribution in [2.24, 2.45) is 11.7 Å². The highest BCUT2D eigenvalue weighted by molar-refractivity contribution is 5.91. The van der Waals surface area contributed by atoms with Crippen LogP contribution in [0.2, 0.25) is 0 Å². The van der Waals surface area contributed by atoms with Crippen LogP contribution in [0.4, 0.5) is 0 Å². The Morgan fingerprint density at radius 1 is 1.17 bits per heavy atom. The molecule has 0 fully saturated rings. The summed E-state index contributed by atoms with van der Waals surface area (Å²) in [5.74, 6) is -1.53. The Labute approximate surface area is 106 Å². The highest BCUT2D eigenvalue weighted by atomic mass is 16.5. The van der Waals surface area contributed by atoms with E-state index in [1.54, 1.807) is 13.8 Å². The molecule has 7 nitrogen and oxygen atoms in total. The molecule has 0 aliphatic heterocycles. The van der Waals surface area contributed by atoms with E-state index in [2.05, 4.69) is 15.4 Å². The van der Waals surface area contributed by atoms with Gasteiger partial charge in [0.1, 0.15) is 12.6 Å². The number of nitrogens with one attached hydrogen (secondary N) is 2. The first kappa shape index (κ1) is 16.4. The zero-order valence-corrected chi connectivity index (χ0v) is 11.1. The maximum atomic E-state index is 11.8. The normalized spacial score (nSPS) is 13.7. The van der Waals surface area contributed by atoms with Crippen LogP contribution in [-0.4, -0.2) is 43.5 Å². The van der Waals surface area contributed by atoms with Crippen LogP contribution >= 0.6 is 0 Å². The molecule has 4 N–H and O–H groups in total. The van der Waals surface area contributed by atoms with Crippen LogP contribution in [0.25, 0.3) is 0 Å². The fourth-order valence-corrected chi connectivity index (χ4v) is 1.16. The molecule has 0 aromatic carbocycles. The smallest absolute Gasteiger partial charge is 0.325 e. The van der Waals surface area contributed by atoms with E-state index >= 15 is 0 Å². The van der Waals surface area contributed by atoms with Crippen LogP contribution in [0.1, 0.15) is 20.8 Å². The molecular formula is C11H21N3O4. The van der Waals surface area contributed by atoms with Crippen LogP contribution in [-0.2, 0) is 19.1 Å². The van der Waals surface area contributed by atoms with Crippen molar-refractivity contribution in [1.29, 1.82) is 0 Å². The minimum absolute atomic E-state index is 0.120. The fraction of sp³-hybridized carbons (Fsp3) is 0.727. The molecule has 104 valence electrons. The quantitative estimate of drug-likeness (QED) is 0.517. The lowest BCUT2D eigenvalue weighted by atomic mass is 10.0. The highest BCUT2D eigenvalue weighted by Gasteiger charge is 2.25. The molecular weight excluding hydrogens is 238 g/mol. The Hall–Kier alpha value is -1.63. The summed E-state index contributed by atoms with van der Waals surface area (Å²) in [5.41, 5.74) is 5.41. The molecule has 0 rings (SSSR count). The lowest BCUT2D eigenvalue weighted by molar-refractivity contribution is -0.141. The average Bonchev–Trinajstić information content (AvgIpc) is 2.31. The number of hydrogen-bond acceptors (Lipinski definition) is 5. The molecule has 0 spiro atoms. The van der Waals surface area contributed by atoms with Gasteiger partial charge in [0, 0.05) is 0 Å². The van der Waals surface area contributed by atoms with Gasteiger partial charge in [-0.3, -0.25) is 14.4 Å². The molecule has 0 saturated heterocycles. The number of esters is 1. The van der Waals surface area contributed by atoms with Crippen LogP contribution in [0.15, 0.2) is 0 Å². The van der Waals surface area contributed by atoms with Crippen LogP contribution in [0, 0.1) is 5.92 Å². The number of hydrogen-bond donors (Lipinski definition) is 3. The summed E-state index contributed by atoms with van der Waals surface area (Å²) in [6.07, 6.45) is 0. The van der Waals surface area contributed by atoms with Crippen molar-refractivity contribution in [1.82, 2.24) is 10.6 Å². The summed E-state index contributed by atoms with van der Waals surface area (Å²) >= 11 is 0. The van der Waals surface area contributed by atoms with E-state index in [9.17, 15) is 14.4 Å². The number of ether oxygens (including phenoxy) is 1. The van der Waals surface area contributed by atoms with Crippen molar-refractivity contribution >= 4 is 17.8 Å². The zero-order valence-electron chi connectivity index (χ0n) is 11.1. The van der Waals surface area contributed by atoms with Crippen molar-refractivity contribution in [3.63, 3.8) is 0 Å². The Kier molecular flexibility index (Phi) is 6.96. The molecule has 0 bridgehead atoms. The van der Waals surface area contributed by atoms with Gasteiger partial charge in [0.2, 0.25) is 11.8 Å². The molecule has 0 saturated carbocycles. The fourth-order valence-electron chi connectivity index (χ4n) is 1.16. The second-order valence-corrected chi connectivity index (χ2v) is 4.31. The lowest BCUT2D eigenvalue weighted by Gasteiger charge is -2.22. The van der Waals surface area contributed by atoms with E-state index in [1.165, 1.54) is 14.0 Å². The minimum Gasteiger partial charge on any atom is -0.468 e. The third-order valence-electron chi connectivity index (χ3n) is 2.30. The molecule has 0 unspecified atom stereocenters. The summed E-state index contributed by atoms with van der Waals surface area (Å²) in [7, 11) is 1.23. The minimum atomic E-state index is -0.729. The molecule has 0 aromatic rings. The van der Waals surface area contributed by atoms with Crippen LogP contribution in [0.5, 0.6) is 0 Å². The van der Waals surface area contributed by atoms with Gasteiger partial charge in [0.25, 0.3) is 0 Å². The molecule has 18 heavy (non-hydrogen) atoms. The van der Waals surface area contributed by atoms with Crippen molar-refractivity contribution in [3.8, 4) is 0 Å². The molecule has 0 aliphatic rings. The summed E-state index contributed by atoms with van der Waals surface area (Å²) in [6, 6.07) is -1.42. The van der Waals surface area contributed by atoms with Gasteiger partial charge in [-0.15, -0.1) is 0 Å². The summed E-state index contributed by atoms with van der Waals surface area (Å²) < 4.78 is 4.40. The first-order chi connectivity index (χ1) is 8.29. The number of methoxy groups -OCH3 is 1. The van der Waals surface area contributed by atoms with Gasteiger partial charge in [0.05, 0.1) is 13.2 Å².